The molecule has 1 atom stereocenters. The lowest BCUT2D eigenvalue weighted by molar-refractivity contribution is 0.177. The van der Waals surface area contributed by atoms with Crippen LogP contribution in [0.1, 0.15) is 5.56 Å². The summed E-state index contributed by atoms with van der Waals surface area (Å²) in [5.74, 6) is 0.747. The van der Waals surface area contributed by atoms with E-state index in [-0.39, 0.29) is 12.4 Å². The molecule has 1 heterocycles. The summed E-state index contributed by atoms with van der Waals surface area (Å²) in [5.41, 5.74) is 1.02. The van der Waals surface area contributed by atoms with Gasteiger partial charge < -0.3 is 20.3 Å². The zero-order chi connectivity index (χ0) is 14.2. The van der Waals surface area contributed by atoms with Crippen molar-refractivity contribution in [1.29, 1.82) is 0 Å². The Morgan fingerprint density at radius 2 is 2.05 bits per heavy atom. The molecule has 0 saturated heterocycles. The van der Waals surface area contributed by atoms with E-state index in [4.69, 9.17) is 4.74 Å². The van der Waals surface area contributed by atoms with Crippen LogP contribution in [-0.2, 0) is 5.54 Å². The lowest BCUT2D eigenvalue weighted by Gasteiger charge is -2.28. The largest absolute Gasteiger partial charge is 0.508 e. The van der Waals surface area contributed by atoms with E-state index in [1.165, 1.54) is 0 Å². The van der Waals surface area contributed by atoms with E-state index in [1.54, 1.807) is 18.2 Å². The number of aromatic hydroxyl groups is 1. The molecular formula is C15H14BrNO3. The van der Waals surface area contributed by atoms with Gasteiger partial charge in [0.15, 0.2) is 0 Å². The van der Waals surface area contributed by atoms with E-state index in [0.717, 1.165) is 15.7 Å². The van der Waals surface area contributed by atoms with Gasteiger partial charge in [-0.25, -0.2) is 0 Å². The fourth-order valence-corrected chi connectivity index (χ4v) is 2.78. The molecule has 5 heteroatoms. The normalized spacial score (nSPS) is 20.3. The molecule has 4 nitrogen and oxygen atoms in total. The van der Waals surface area contributed by atoms with Gasteiger partial charge in [-0.3, -0.25) is 0 Å². The van der Waals surface area contributed by atoms with Gasteiger partial charge >= 0.3 is 0 Å². The highest BCUT2D eigenvalue weighted by Crippen LogP contribution is 2.41. The van der Waals surface area contributed by atoms with Crippen molar-refractivity contribution in [3.63, 3.8) is 0 Å². The fraction of sp³-hybridized carbons (Fsp3) is 0.200. The molecule has 1 aliphatic rings. The SMILES string of the molecule is OCC1(Nc2ccccc2Br)COc2cc(O)ccc21. The molecule has 0 aliphatic carbocycles. The van der Waals surface area contributed by atoms with Crippen molar-refractivity contribution in [2.45, 2.75) is 5.54 Å². The highest BCUT2D eigenvalue weighted by molar-refractivity contribution is 9.10. The number of phenolic OH excluding ortho intramolecular Hbond substituents is 1. The number of aliphatic hydroxyl groups excluding tert-OH is 1. The summed E-state index contributed by atoms with van der Waals surface area (Å²) in [6.45, 7) is 0.204. The van der Waals surface area contributed by atoms with E-state index in [1.807, 2.05) is 24.3 Å². The summed E-state index contributed by atoms with van der Waals surface area (Å²) < 4.78 is 6.52. The molecule has 2 aromatic carbocycles. The Hall–Kier alpha value is -1.72. The average Bonchev–Trinajstić information content (AvgIpc) is 2.80. The second kappa shape index (κ2) is 5.00. The third-order valence-corrected chi connectivity index (χ3v) is 4.16. The number of ether oxygens (including phenoxy) is 1. The number of hydrogen-bond acceptors (Lipinski definition) is 4. The Kier molecular flexibility index (Phi) is 3.31. The number of hydrogen-bond donors (Lipinski definition) is 3. The molecule has 0 spiro atoms. The Bertz CT molecular complexity index is 647. The van der Waals surface area contributed by atoms with Crippen molar-refractivity contribution in [1.82, 2.24) is 0 Å². The predicted octanol–water partition coefficient (Wildman–Crippen LogP) is 2.85. The number of para-hydroxylation sites is 1. The number of anilines is 1. The van der Waals surface area contributed by atoms with Gasteiger partial charge in [-0.2, -0.15) is 0 Å². The maximum Gasteiger partial charge on any atom is 0.128 e. The molecule has 1 unspecified atom stereocenters. The molecule has 0 fully saturated rings. The maximum absolute atomic E-state index is 9.86. The lowest BCUT2D eigenvalue weighted by atomic mass is 9.92. The van der Waals surface area contributed by atoms with Gasteiger partial charge in [0, 0.05) is 21.8 Å². The van der Waals surface area contributed by atoms with Crippen LogP contribution in [0.3, 0.4) is 0 Å². The fourth-order valence-electron chi connectivity index (χ4n) is 2.40. The first kappa shape index (κ1) is 13.3. The first-order valence-electron chi connectivity index (χ1n) is 6.24. The van der Waals surface area contributed by atoms with E-state index in [9.17, 15) is 10.2 Å². The van der Waals surface area contributed by atoms with Gasteiger partial charge in [0.25, 0.3) is 0 Å². The van der Waals surface area contributed by atoms with Gasteiger partial charge in [0.1, 0.15) is 23.6 Å². The summed E-state index contributed by atoms with van der Waals surface area (Å²) in [4.78, 5) is 0. The summed E-state index contributed by atoms with van der Waals surface area (Å²) >= 11 is 3.48. The third-order valence-electron chi connectivity index (χ3n) is 3.47. The van der Waals surface area contributed by atoms with Gasteiger partial charge in [0.2, 0.25) is 0 Å². The molecule has 3 rings (SSSR count). The van der Waals surface area contributed by atoms with Crippen LogP contribution < -0.4 is 10.1 Å². The zero-order valence-corrected chi connectivity index (χ0v) is 12.2. The number of benzene rings is 2. The van der Waals surface area contributed by atoms with E-state index < -0.39 is 5.54 Å². The quantitative estimate of drug-likeness (QED) is 0.807. The van der Waals surface area contributed by atoms with E-state index >= 15 is 0 Å². The Morgan fingerprint density at radius 3 is 2.80 bits per heavy atom. The molecule has 0 bridgehead atoms. The minimum absolute atomic E-state index is 0.105. The molecule has 1 aliphatic heterocycles. The summed E-state index contributed by atoms with van der Waals surface area (Å²) in [6.07, 6.45) is 0. The molecule has 3 N–H and O–H groups in total. The molecule has 0 amide bonds. The van der Waals surface area contributed by atoms with Crippen molar-refractivity contribution < 1.29 is 14.9 Å². The van der Waals surface area contributed by atoms with Gasteiger partial charge in [-0.1, -0.05) is 12.1 Å². The van der Waals surface area contributed by atoms with Crippen LogP contribution in [0.15, 0.2) is 46.9 Å². The third kappa shape index (κ3) is 2.13. The van der Waals surface area contributed by atoms with Crippen LogP contribution in [0, 0.1) is 0 Å². The molecule has 104 valence electrons. The predicted molar refractivity (Wildman–Crippen MR) is 80.1 cm³/mol. The van der Waals surface area contributed by atoms with Crippen LogP contribution in [0.4, 0.5) is 5.69 Å². The van der Waals surface area contributed by atoms with Crippen molar-refractivity contribution in [2.24, 2.45) is 0 Å². The Labute approximate surface area is 125 Å². The molecule has 2 aromatic rings. The Morgan fingerprint density at radius 1 is 1.25 bits per heavy atom. The van der Waals surface area contributed by atoms with Crippen molar-refractivity contribution in [3.05, 3.63) is 52.5 Å². The standard InChI is InChI=1S/C15H14BrNO3/c16-12-3-1-2-4-13(12)17-15(8-18)9-20-14-7-10(19)5-6-11(14)15/h1-7,17-19H,8-9H2. The average molecular weight is 336 g/mol. The highest BCUT2D eigenvalue weighted by atomic mass is 79.9. The van der Waals surface area contributed by atoms with Crippen LogP contribution in [0.25, 0.3) is 0 Å². The minimum Gasteiger partial charge on any atom is -0.508 e. The number of fused-ring (bicyclic) bond motifs is 1. The van der Waals surface area contributed by atoms with Gasteiger partial charge in [-0.15, -0.1) is 0 Å². The highest BCUT2D eigenvalue weighted by Gasteiger charge is 2.40. The Balaban J connectivity index is 2.01. The minimum atomic E-state index is -0.701. The van der Waals surface area contributed by atoms with Crippen molar-refractivity contribution >= 4 is 21.6 Å². The number of halogens is 1. The van der Waals surface area contributed by atoms with Crippen LogP contribution in [-0.4, -0.2) is 23.4 Å². The smallest absolute Gasteiger partial charge is 0.128 e. The first-order valence-corrected chi connectivity index (χ1v) is 7.04. The number of rotatable bonds is 3. The lowest BCUT2D eigenvalue weighted by Crippen LogP contribution is -2.40. The van der Waals surface area contributed by atoms with Gasteiger partial charge in [-0.05, 0) is 40.2 Å². The first-order chi connectivity index (χ1) is 9.64. The number of nitrogens with one attached hydrogen (secondary N) is 1. The maximum atomic E-state index is 9.86. The van der Waals surface area contributed by atoms with Crippen molar-refractivity contribution in [3.8, 4) is 11.5 Å². The second-order valence-corrected chi connectivity index (χ2v) is 5.67. The van der Waals surface area contributed by atoms with Crippen LogP contribution in [0.2, 0.25) is 0 Å². The second-order valence-electron chi connectivity index (χ2n) is 4.81. The molecule has 20 heavy (non-hydrogen) atoms. The van der Waals surface area contributed by atoms with Crippen LogP contribution >= 0.6 is 15.9 Å². The summed E-state index contributed by atoms with van der Waals surface area (Å²) in [7, 11) is 0. The molecular weight excluding hydrogens is 322 g/mol. The summed E-state index contributed by atoms with van der Waals surface area (Å²) in [6, 6.07) is 12.6. The van der Waals surface area contributed by atoms with Crippen molar-refractivity contribution in [2.75, 3.05) is 18.5 Å². The van der Waals surface area contributed by atoms with Gasteiger partial charge in [0.05, 0.1) is 6.61 Å². The van der Waals surface area contributed by atoms with E-state index in [0.29, 0.717) is 12.4 Å². The molecule has 0 aromatic heterocycles. The molecule has 0 radical (unpaired) electrons. The van der Waals surface area contributed by atoms with E-state index in [2.05, 4.69) is 21.2 Å². The topological polar surface area (TPSA) is 61.7 Å². The summed E-state index contributed by atoms with van der Waals surface area (Å²) in [5, 5.41) is 22.7. The monoisotopic (exact) mass is 335 g/mol. The number of phenols is 1. The van der Waals surface area contributed by atoms with Crippen LogP contribution in [0.5, 0.6) is 11.5 Å². The zero-order valence-electron chi connectivity index (χ0n) is 10.6. The number of aliphatic hydroxyl groups is 1. The molecule has 0 saturated carbocycles.